The summed E-state index contributed by atoms with van der Waals surface area (Å²) < 4.78 is 31.1. The molecule has 4 aromatic rings. The Bertz CT molecular complexity index is 1390. The van der Waals surface area contributed by atoms with Gasteiger partial charge in [0.15, 0.2) is 0 Å². The molecule has 0 aliphatic heterocycles. The summed E-state index contributed by atoms with van der Waals surface area (Å²) in [5.41, 5.74) is 3.74. The summed E-state index contributed by atoms with van der Waals surface area (Å²) in [5, 5.41) is 13.8. The molecule has 0 unspecified atom stereocenters. The van der Waals surface area contributed by atoms with Gasteiger partial charge in [-0.25, -0.2) is 13.4 Å². The number of anilines is 1. The zero-order chi connectivity index (χ0) is 25.5. The first kappa shape index (κ1) is 25.7. The number of H-pyrrole nitrogens is 1. The molecule has 0 bridgehead atoms. The van der Waals surface area contributed by atoms with Gasteiger partial charge in [-0.1, -0.05) is 48.0 Å². The van der Waals surface area contributed by atoms with Gasteiger partial charge in [0.25, 0.3) is 0 Å². The van der Waals surface area contributed by atoms with Gasteiger partial charge in [-0.2, -0.15) is 0 Å². The normalized spacial score (nSPS) is 12.3. The van der Waals surface area contributed by atoms with E-state index in [1.807, 2.05) is 60.8 Å². The van der Waals surface area contributed by atoms with Crippen molar-refractivity contribution in [2.24, 2.45) is 0 Å². The summed E-state index contributed by atoms with van der Waals surface area (Å²) in [5.74, 6) is 1.55. The van der Waals surface area contributed by atoms with Crippen molar-refractivity contribution in [2.75, 3.05) is 30.7 Å². The van der Waals surface area contributed by atoms with Crippen LogP contribution in [0.25, 0.3) is 22.6 Å². The fraction of sp³-hybridized carbons (Fsp3) is 0.192. The first-order chi connectivity index (χ1) is 17.3. The van der Waals surface area contributed by atoms with Crippen molar-refractivity contribution >= 4 is 27.3 Å². The standard InChI is InChI=1S/C26H27ClN4O4S/c1-36(33,34)31-23-15-20(9-12-22(23)27)25(32)17-28-13-14-35-21-10-7-18(8-11-21)24-16-29-26(30-24)19-5-3-2-4-6-19/h2-12,15-16,25,28,31-32H,13-14,17H2,1H3,(H,29,30)/t25-/m0/s1. The molecule has 0 aliphatic rings. The highest BCUT2D eigenvalue weighted by molar-refractivity contribution is 7.92. The van der Waals surface area contributed by atoms with Gasteiger partial charge in [-0.05, 0) is 47.5 Å². The molecule has 0 saturated heterocycles. The van der Waals surface area contributed by atoms with Crippen LogP contribution in [-0.2, 0) is 10.0 Å². The number of benzene rings is 3. The summed E-state index contributed by atoms with van der Waals surface area (Å²) in [7, 11) is -3.48. The van der Waals surface area contributed by atoms with E-state index < -0.39 is 16.1 Å². The van der Waals surface area contributed by atoms with Crippen LogP contribution in [0.2, 0.25) is 5.02 Å². The van der Waals surface area contributed by atoms with Crippen LogP contribution in [-0.4, -0.2) is 49.4 Å². The maximum Gasteiger partial charge on any atom is 0.229 e. The van der Waals surface area contributed by atoms with E-state index in [1.54, 1.807) is 12.1 Å². The Kier molecular flexibility index (Phi) is 8.27. The van der Waals surface area contributed by atoms with Crippen LogP contribution in [0.15, 0.2) is 79.0 Å². The van der Waals surface area contributed by atoms with Crippen molar-refractivity contribution < 1.29 is 18.3 Å². The highest BCUT2D eigenvalue weighted by Crippen LogP contribution is 2.27. The second-order valence-electron chi connectivity index (χ2n) is 8.22. The summed E-state index contributed by atoms with van der Waals surface area (Å²) >= 11 is 6.04. The maximum absolute atomic E-state index is 11.5. The van der Waals surface area contributed by atoms with Crippen molar-refractivity contribution in [3.8, 4) is 28.4 Å². The fourth-order valence-corrected chi connectivity index (χ4v) is 4.36. The average molecular weight is 527 g/mol. The smallest absolute Gasteiger partial charge is 0.229 e. The molecule has 4 N–H and O–H groups in total. The molecule has 0 fully saturated rings. The minimum atomic E-state index is -3.48. The highest BCUT2D eigenvalue weighted by atomic mass is 35.5. The predicted molar refractivity (Wildman–Crippen MR) is 143 cm³/mol. The van der Waals surface area contributed by atoms with E-state index in [0.29, 0.717) is 18.7 Å². The van der Waals surface area contributed by atoms with Crippen molar-refractivity contribution in [3.05, 3.63) is 89.6 Å². The molecular formula is C26H27ClN4O4S. The number of aliphatic hydroxyl groups is 1. The van der Waals surface area contributed by atoms with Gasteiger partial charge < -0.3 is 20.1 Å². The van der Waals surface area contributed by atoms with Gasteiger partial charge in [-0.15, -0.1) is 0 Å². The molecule has 188 valence electrons. The van der Waals surface area contributed by atoms with Crippen LogP contribution in [0.3, 0.4) is 0 Å². The molecule has 3 aromatic carbocycles. The van der Waals surface area contributed by atoms with E-state index in [-0.39, 0.29) is 17.3 Å². The number of hydrogen-bond acceptors (Lipinski definition) is 6. The van der Waals surface area contributed by atoms with Crippen molar-refractivity contribution in [1.29, 1.82) is 0 Å². The minimum Gasteiger partial charge on any atom is -0.492 e. The third kappa shape index (κ3) is 7.08. The Balaban J connectivity index is 1.23. The van der Waals surface area contributed by atoms with Crippen molar-refractivity contribution in [3.63, 3.8) is 0 Å². The van der Waals surface area contributed by atoms with Crippen LogP contribution in [0.1, 0.15) is 11.7 Å². The van der Waals surface area contributed by atoms with E-state index in [4.69, 9.17) is 16.3 Å². The second kappa shape index (κ2) is 11.6. The van der Waals surface area contributed by atoms with E-state index in [9.17, 15) is 13.5 Å². The number of imidazole rings is 1. The first-order valence-corrected chi connectivity index (χ1v) is 13.5. The topological polar surface area (TPSA) is 116 Å². The van der Waals surface area contributed by atoms with E-state index >= 15 is 0 Å². The number of rotatable bonds is 11. The lowest BCUT2D eigenvalue weighted by atomic mass is 10.1. The Hall–Kier alpha value is -3.37. The maximum atomic E-state index is 11.5. The van der Waals surface area contributed by atoms with Gasteiger partial charge in [-0.3, -0.25) is 4.72 Å². The number of nitrogens with zero attached hydrogens (tertiary/aromatic N) is 1. The molecule has 0 saturated carbocycles. The number of ether oxygens (including phenoxy) is 1. The molecule has 4 rings (SSSR count). The molecule has 0 amide bonds. The molecule has 8 nitrogen and oxygen atoms in total. The molecule has 0 aliphatic carbocycles. The number of halogens is 1. The number of aliphatic hydroxyl groups excluding tert-OH is 1. The zero-order valence-electron chi connectivity index (χ0n) is 19.6. The molecule has 1 atom stereocenters. The number of hydrogen-bond donors (Lipinski definition) is 4. The van der Waals surface area contributed by atoms with Gasteiger partial charge in [0.05, 0.1) is 35.0 Å². The number of aromatic nitrogens is 2. The van der Waals surface area contributed by atoms with Crippen LogP contribution in [0.5, 0.6) is 5.75 Å². The highest BCUT2D eigenvalue weighted by Gasteiger charge is 2.12. The Morgan fingerprint density at radius 3 is 2.53 bits per heavy atom. The Morgan fingerprint density at radius 1 is 1.06 bits per heavy atom. The summed E-state index contributed by atoms with van der Waals surface area (Å²) in [6, 6.07) is 22.4. The van der Waals surface area contributed by atoms with Crippen molar-refractivity contribution in [1.82, 2.24) is 15.3 Å². The summed E-state index contributed by atoms with van der Waals surface area (Å²) in [6.07, 6.45) is 2.02. The van der Waals surface area contributed by atoms with Gasteiger partial charge in [0, 0.05) is 18.7 Å². The van der Waals surface area contributed by atoms with E-state index in [1.165, 1.54) is 6.07 Å². The lowest BCUT2D eigenvalue weighted by molar-refractivity contribution is 0.172. The van der Waals surface area contributed by atoms with E-state index in [2.05, 4.69) is 20.0 Å². The van der Waals surface area contributed by atoms with Crippen LogP contribution < -0.4 is 14.8 Å². The number of sulfonamides is 1. The Morgan fingerprint density at radius 2 is 1.81 bits per heavy atom. The zero-order valence-corrected chi connectivity index (χ0v) is 21.2. The lowest BCUT2D eigenvalue weighted by Crippen LogP contribution is -2.26. The molecular weight excluding hydrogens is 500 g/mol. The van der Waals surface area contributed by atoms with Gasteiger partial charge in [0.2, 0.25) is 10.0 Å². The van der Waals surface area contributed by atoms with Gasteiger partial charge >= 0.3 is 0 Å². The predicted octanol–water partition coefficient (Wildman–Crippen LogP) is 4.47. The average Bonchev–Trinajstić information content (AvgIpc) is 3.36. The molecule has 10 heteroatoms. The van der Waals surface area contributed by atoms with Gasteiger partial charge in [0.1, 0.15) is 18.2 Å². The van der Waals surface area contributed by atoms with Crippen LogP contribution in [0.4, 0.5) is 5.69 Å². The third-order valence-electron chi connectivity index (χ3n) is 5.34. The number of nitrogens with one attached hydrogen (secondary N) is 3. The molecule has 36 heavy (non-hydrogen) atoms. The van der Waals surface area contributed by atoms with Crippen molar-refractivity contribution in [2.45, 2.75) is 6.10 Å². The second-order valence-corrected chi connectivity index (χ2v) is 10.4. The third-order valence-corrected chi connectivity index (χ3v) is 6.26. The van der Waals surface area contributed by atoms with E-state index in [0.717, 1.165) is 34.7 Å². The van der Waals surface area contributed by atoms with Crippen LogP contribution >= 0.6 is 11.6 Å². The summed E-state index contributed by atoms with van der Waals surface area (Å²) in [6.45, 7) is 1.20. The largest absolute Gasteiger partial charge is 0.492 e. The lowest BCUT2D eigenvalue weighted by Gasteiger charge is -2.15. The first-order valence-electron chi connectivity index (χ1n) is 11.3. The quantitative estimate of drug-likeness (QED) is 0.214. The fourth-order valence-electron chi connectivity index (χ4n) is 3.57. The summed E-state index contributed by atoms with van der Waals surface area (Å²) in [4.78, 5) is 7.80. The number of aromatic amines is 1. The van der Waals surface area contributed by atoms with Crippen LogP contribution in [0, 0.1) is 0 Å². The molecule has 1 heterocycles. The molecule has 0 spiro atoms. The minimum absolute atomic E-state index is 0.230. The SMILES string of the molecule is CS(=O)(=O)Nc1cc([C@@H](O)CNCCOc2ccc(-c3cnc(-c4ccccc4)[nH]3)cc2)ccc1Cl. The Labute approximate surface area is 215 Å². The molecule has 1 aromatic heterocycles. The molecule has 0 radical (unpaired) electrons. The monoisotopic (exact) mass is 526 g/mol.